The topological polar surface area (TPSA) is 113 Å². The smallest absolute Gasteiger partial charge is 0.242 e. The molecule has 25 heavy (non-hydrogen) atoms. The van der Waals surface area contributed by atoms with Gasteiger partial charge in [-0.25, -0.2) is 0 Å². The lowest BCUT2D eigenvalue weighted by molar-refractivity contribution is -0.143. The third-order valence-corrected chi connectivity index (χ3v) is 4.65. The maximum Gasteiger partial charge on any atom is 0.242 e. The summed E-state index contributed by atoms with van der Waals surface area (Å²) in [5, 5.41) is 4.92. The molecule has 4 amide bonds. The van der Waals surface area contributed by atoms with Gasteiger partial charge in [-0.3, -0.25) is 28.9 Å². The molecule has 0 radical (unpaired) electrons. The first kappa shape index (κ1) is 20.8. The molecule has 4 atom stereocenters. The molecule has 0 aliphatic carbocycles. The minimum atomic E-state index is -0.882. The van der Waals surface area contributed by atoms with Gasteiger partial charge in [0.1, 0.15) is 12.6 Å². The summed E-state index contributed by atoms with van der Waals surface area (Å²) in [6.45, 7) is 7.82. The standard InChI is InChI=1S/C17H27N3O5/c1-6-9(2)13-7-15(23)20(17(13)25)8-14(22)18-11(4)16(24)19-10(3)12(5)21/h9-11,13H,6-8H2,1-5H3,(H,18,22)(H,19,24)/t9?,10-,11-,13?/m0/s1. The fourth-order valence-corrected chi connectivity index (χ4v) is 2.54. The number of rotatable bonds is 8. The molecular formula is C17H27N3O5. The molecule has 0 spiro atoms. The summed E-state index contributed by atoms with van der Waals surface area (Å²) >= 11 is 0. The van der Waals surface area contributed by atoms with Crippen molar-refractivity contribution < 1.29 is 24.0 Å². The maximum atomic E-state index is 12.3. The van der Waals surface area contributed by atoms with Crippen molar-refractivity contribution in [3.05, 3.63) is 0 Å². The second-order valence-electron chi connectivity index (χ2n) is 6.64. The summed E-state index contributed by atoms with van der Waals surface area (Å²) in [6.07, 6.45) is 0.891. The number of ketones is 1. The molecule has 8 nitrogen and oxygen atoms in total. The number of nitrogens with one attached hydrogen (secondary N) is 2. The van der Waals surface area contributed by atoms with Crippen molar-refractivity contribution in [2.45, 2.75) is 59.5 Å². The average molecular weight is 353 g/mol. The molecule has 0 saturated carbocycles. The van der Waals surface area contributed by atoms with Crippen LogP contribution in [0.5, 0.6) is 0 Å². The fraction of sp³-hybridized carbons (Fsp3) is 0.706. The first-order chi connectivity index (χ1) is 11.6. The number of nitrogens with zero attached hydrogens (tertiary/aromatic N) is 1. The average Bonchev–Trinajstić information content (AvgIpc) is 2.81. The molecule has 140 valence electrons. The quantitative estimate of drug-likeness (QED) is 0.597. The van der Waals surface area contributed by atoms with Gasteiger partial charge in [-0.2, -0.15) is 0 Å². The Labute approximate surface area is 147 Å². The van der Waals surface area contributed by atoms with Crippen LogP contribution in [0.2, 0.25) is 0 Å². The Morgan fingerprint density at radius 3 is 2.24 bits per heavy atom. The molecular weight excluding hydrogens is 326 g/mol. The van der Waals surface area contributed by atoms with E-state index in [1.54, 1.807) is 6.92 Å². The summed E-state index contributed by atoms with van der Waals surface area (Å²) in [7, 11) is 0. The van der Waals surface area contributed by atoms with Gasteiger partial charge in [0, 0.05) is 12.3 Å². The number of carbonyl (C=O) groups excluding carboxylic acids is 5. The van der Waals surface area contributed by atoms with Crippen molar-refractivity contribution in [3.63, 3.8) is 0 Å². The van der Waals surface area contributed by atoms with Crippen LogP contribution in [-0.4, -0.2) is 52.9 Å². The van der Waals surface area contributed by atoms with E-state index in [1.807, 2.05) is 13.8 Å². The third-order valence-electron chi connectivity index (χ3n) is 4.65. The summed E-state index contributed by atoms with van der Waals surface area (Å²) in [4.78, 5) is 60.4. The lowest BCUT2D eigenvalue weighted by Gasteiger charge is -2.20. The Bertz CT molecular complexity index is 575. The molecule has 2 unspecified atom stereocenters. The molecule has 1 rings (SSSR count). The van der Waals surface area contributed by atoms with Crippen LogP contribution in [0.3, 0.4) is 0 Å². The van der Waals surface area contributed by atoms with Crippen molar-refractivity contribution >= 4 is 29.4 Å². The Morgan fingerprint density at radius 1 is 1.12 bits per heavy atom. The Kier molecular flexibility index (Phi) is 7.26. The van der Waals surface area contributed by atoms with Gasteiger partial charge in [-0.15, -0.1) is 0 Å². The van der Waals surface area contributed by atoms with E-state index >= 15 is 0 Å². The van der Waals surface area contributed by atoms with Gasteiger partial charge in [0.2, 0.25) is 23.6 Å². The molecule has 0 aromatic rings. The lowest BCUT2D eigenvalue weighted by Crippen LogP contribution is -2.51. The molecule has 8 heteroatoms. The molecule has 0 aromatic heterocycles. The van der Waals surface area contributed by atoms with Gasteiger partial charge in [0.05, 0.1) is 6.04 Å². The van der Waals surface area contributed by atoms with Crippen LogP contribution in [0.1, 0.15) is 47.5 Å². The predicted molar refractivity (Wildman–Crippen MR) is 90.2 cm³/mol. The van der Waals surface area contributed by atoms with Crippen molar-refractivity contribution in [2.75, 3.05) is 6.54 Å². The van der Waals surface area contributed by atoms with Crippen LogP contribution in [0.4, 0.5) is 0 Å². The zero-order valence-corrected chi connectivity index (χ0v) is 15.4. The van der Waals surface area contributed by atoms with E-state index in [-0.39, 0.29) is 35.9 Å². The van der Waals surface area contributed by atoms with Crippen molar-refractivity contribution in [3.8, 4) is 0 Å². The predicted octanol–water partition coefficient (Wildman–Crippen LogP) is 0.00600. The van der Waals surface area contributed by atoms with Gasteiger partial charge in [-0.1, -0.05) is 20.3 Å². The van der Waals surface area contributed by atoms with Gasteiger partial charge in [0.25, 0.3) is 0 Å². The van der Waals surface area contributed by atoms with Gasteiger partial charge in [-0.05, 0) is 26.7 Å². The van der Waals surface area contributed by atoms with Crippen LogP contribution in [0, 0.1) is 11.8 Å². The Morgan fingerprint density at radius 2 is 1.72 bits per heavy atom. The van der Waals surface area contributed by atoms with E-state index in [0.29, 0.717) is 0 Å². The molecule has 2 N–H and O–H groups in total. The number of hydrogen-bond acceptors (Lipinski definition) is 5. The van der Waals surface area contributed by atoms with E-state index < -0.39 is 30.4 Å². The zero-order valence-electron chi connectivity index (χ0n) is 15.4. The monoisotopic (exact) mass is 353 g/mol. The van der Waals surface area contributed by atoms with Gasteiger partial charge in [0.15, 0.2) is 5.78 Å². The second kappa shape index (κ2) is 8.73. The first-order valence-electron chi connectivity index (χ1n) is 8.52. The molecule has 1 aliphatic rings. The maximum absolute atomic E-state index is 12.3. The van der Waals surface area contributed by atoms with Crippen LogP contribution in [-0.2, 0) is 24.0 Å². The number of amides is 4. The minimum Gasteiger partial charge on any atom is -0.345 e. The normalized spacial score (nSPS) is 20.8. The number of Topliss-reactive ketones (excluding diaryl/α,β-unsaturated/α-hetero) is 1. The van der Waals surface area contributed by atoms with E-state index in [0.717, 1.165) is 11.3 Å². The Balaban J connectivity index is 2.59. The molecule has 0 bridgehead atoms. The highest BCUT2D eigenvalue weighted by Gasteiger charge is 2.41. The van der Waals surface area contributed by atoms with Crippen molar-refractivity contribution in [2.24, 2.45) is 11.8 Å². The van der Waals surface area contributed by atoms with Crippen LogP contribution in [0.15, 0.2) is 0 Å². The minimum absolute atomic E-state index is 0.0716. The Hall–Kier alpha value is -2.25. The number of imide groups is 1. The lowest BCUT2D eigenvalue weighted by atomic mass is 9.90. The number of hydrogen-bond donors (Lipinski definition) is 2. The fourth-order valence-electron chi connectivity index (χ4n) is 2.54. The highest BCUT2D eigenvalue weighted by molar-refractivity contribution is 6.06. The van der Waals surface area contributed by atoms with Crippen LogP contribution >= 0.6 is 0 Å². The molecule has 1 fully saturated rings. The first-order valence-corrected chi connectivity index (χ1v) is 8.52. The molecule has 1 heterocycles. The number of likely N-dealkylation sites (tertiary alicyclic amines) is 1. The molecule has 1 aliphatic heterocycles. The molecule has 0 aromatic carbocycles. The van der Waals surface area contributed by atoms with Gasteiger partial charge >= 0.3 is 0 Å². The van der Waals surface area contributed by atoms with Gasteiger partial charge < -0.3 is 10.6 Å². The highest BCUT2D eigenvalue weighted by Crippen LogP contribution is 2.28. The third kappa shape index (κ3) is 5.37. The van der Waals surface area contributed by atoms with E-state index in [2.05, 4.69) is 10.6 Å². The van der Waals surface area contributed by atoms with E-state index in [1.165, 1.54) is 13.8 Å². The second-order valence-corrected chi connectivity index (χ2v) is 6.64. The number of carbonyl (C=O) groups is 5. The summed E-state index contributed by atoms with van der Waals surface area (Å²) in [6, 6.07) is -1.53. The van der Waals surface area contributed by atoms with E-state index in [9.17, 15) is 24.0 Å². The SMILES string of the molecule is CCC(C)C1CC(=O)N(CC(=O)N[C@@H](C)C(=O)N[C@@H](C)C(C)=O)C1=O. The molecule has 1 saturated heterocycles. The highest BCUT2D eigenvalue weighted by atomic mass is 16.2. The van der Waals surface area contributed by atoms with Crippen LogP contribution < -0.4 is 10.6 Å². The van der Waals surface area contributed by atoms with E-state index in [4.69, 9.17) is 0 Å². The zero-order chi connectivity index (χ0) is 19.3. The summed E-state index contributed by atoms with van der Waals surface area (Å²) in [5.41, 5.74) is 0. The van der Waals surface area contributed by atoms with Crippen molar-refractivity contribution in [1.29, 1.82) is 0 Å². The summed E-state index contributed by atoms with van der Waals surface area (Å²) < 4.78 is 0. The largest absolute Gasteiger partial charge is 0.345 e. The van der Waals surface area contributed by atoms with Crippen LogP contribution in [0.25, 0.3) is 0 Å². The van der Waals surface area contributed by atoms with Crippen molar-refractivity contribution in [1.82, 2.24) is 15.5 Å². The summed E-state index contributed by atoms with van der Waals surface area (Å²) in [5.74, 6) is -2.32.